The Hall–Kier alpha value is -1.59. The molecule has 1 spiro atoms. The van der Waals surface area contributed by atoms with Crippen LogP contribution in [0.4, 0.5) is 4.79 Å². The van der Waals surface area contributed by atoms with Gasteiger partial charge in [0.25, 0.3) is 0 Å². The van der Waals surface area contributed by atoms with E-state index in [-0.39, 0.29) is 6.03 Å². The highest BCUT2D eigenvalue weighted by atomic mass is 16.5. The standard InChI is InChI=1S/C24H35N3O2/c28-23(27-15-21(16-27)12-19-6-7-19)25-13-22-17-26(14-20-4-2-1-3-5-20)18-24(22)8-10-29-11-9-24/h1-5,19,21-22H,6-18H2,(H,25,28). The van der Waals surface area contributed by atoms with Crippen molar-refractivity contribution in [3.63, 3.8) is 0 Å². The van der Waals surface area contributed by atoms with Gasteiger partial charge in [-0.15, -0.1) is 0 Å². The molecule has 0 radical (unpaired) electrons. The fraction of sp³-hybridized carbons (Fsp3) is 0.708. The molecule has 3 aliphatic heterocycles. The fourth-order valence-corrected chi connectivity index (χ4v) is 5.76. The first-order valence-electron chi connectivity index (χ1n) is 11.6. The van der Waals surface area contributed by atoms with Crippen LogP contribution in [0, 0.1) is 23.2 Å². The van der Waals surface area contributed by atoms with Crippen LogP contribution in [0.3, 0.4) is 0 Å². The predicted octanol–water partition coefficient (Wildman–Crippen LogP) is 3.36. The number of benzene rings is 1. The Balaban J connectivity index is 1.15. The lowest BCUT2D eigenvalue weighted by atomic mass is 9.72. The molecule has 1 N–H and O–H groups in total. The average Bonchev–Trinajstić information content (AvgIpc) is 3.47. The number of nitrogens with one attached hydrogen (secondary N) is 1. The number of nitrogens with zero attached hydrogens (tertiary/aromatic N) is 2. The minimum Gasteiger partial charge on any atom is -0.381 e. The molecule has 1 atom stereocenters. The van der Waals surface area contributed by atoms with Gasteiger partial charge in [-0.3, -0.25) is 4.90 Å². The summed E-state index contributed by atoms with van der Waals surface area (Å²) in [6.45, 7) is 7.64. The zero-order valence-corrected chi connectivity index (χ0v) is 17.5. The van der Waals surface area contributed by atoms with Crippen LogP contribution in [0.1, 0.15) is 37.7 Å². The third kappa shape index (κ3) is 4.46. The lowest BCUT2D eigenvalue weighted by Gasteiger charge is -2.41. The van der Waals surface area contributed by atoms with E-state index in [4.69, 9.17) is 4.74 Å². The van der Waals surface area contributed by atoms with E-state index >= 15 is 0 Å². The van der Waals surface area contributed by atoms with Gasteiger partial charge in [-0.1, -0.05) is 43.2 Å². The first-order chi connectivity index (χ1) is 14.2. The Morgan fingerprint density at radius 2 is 1.83 bits per heavy atom. The molecule has 5 rings (SSSR count). The summed E-state index contributed by atoms with van der Waals surface area (Å²) in [6.07, 6.45) is 6.40. The fourth-order valence-electron chi connectivity index (χ4n) is 5.76. The number of carbonyl (C=O) groups is 1. The van der Waals surface area contributed by atoms with Crippen molar-refractivity contribution in [3.05, 3.63) is 35.9 Å². The van der Waals surface area contributed by atoms with Crippen molar-refractivity contribution in [2.45, 2.75) is 38.6 Å². The SMILES string of the molecule is O=C(NCC1CN(Cc2ccccc2)CC12CCOCC2)N1CC(CC2CC2)C1. The summed E-state index contributed by atoms with van der Waals surface area (Å²) in [5.74, 6) is 2.23. The van der Waals surface area contributed by atoms with Crippen LogP contribution in [-0.4, -0.2) is 61.8 Å². The zero-order valence-electron chi connectivity index (χ0n) is 17.5. The van der Waals surface area contributed by atoms with Crippen molar-refractivity contribution in [1.29, 1.82) is 0 Å². The Morgan fingerprint density at radius 1 is 1.07 bits per heavy atom. The van der Waals surface area contributed by atoms with E-state index in [2.05, 4.69) is 40.5 Å². The van der Waals surface area contributed by atoms with Crippen LogP contribution in [0.5, 0.6) is 0 Å². The van der Waals surface area contributed by atoms with Crippen molar-refractivity contribution in [3.8, 4) is 0 Å². The van der Waals surface area contributed by atoms with Crippen molar-refractivity contribution < 1.29 is 9.53 Å². The Bertz CT molecular complexity index is 693. The smallest absolute Gasteiger partial charge is 0.317 e. The Kier molecular flexibility index (Phi) is 5.53. The molecule has 158 valence electrons. The van der Waals surface area contributed by atoms with E-state index in [1.165, 1.54) is 24.8 Å². The number of carbonyl (C=O) groups excluding carboxylic acids is 1. The molecule has 1 aromatic rings. The van der Waals surface area contributed by atoms with Crippen molar-refractivity contribution >= 4 is 6.03 Å². The van der Waals surface area contributed by atoms with E-state index < -0.39 is 0 Å². The zero-order chi connectivity index (χ0) is 19.7. The molecule has 1 saturated carbocycles. The van der Waals surface area contributed by atoms with Gasteiger partial charge >= 0.3 is 6.03 Å². The molecule has 29 heavy (non-hydrogen) atoms. The second-order valence-corrected chi connectivity index (χ2v) is 9.96. The summed E-state index contributed by atoms with van der Waals surface area (Å²) in [5.41, 5.74) is 1.67. The first-order valence-corrected chi connectivity index (χ1v) is 11.6. The summed E-state index contributed by atoms with van der Waals surface area (Å²) >= 11 is 0. The maximum absolute atomic E-state index is 12.6. The second-order valence-electron chi connectivity index (χ2n) is 9.96. The topological polar surface area (TPSA) is 44.8 Å². The van der Waals surface area contributed by atoms with Crippen molar-refractivity contribution in [1.82, 2.24) is 15.1 Å². The molecule has 5 heteroatoms. The van der Waals surface area contributed by atoms with Crippen LogP contribution >= 0.6 is 0 Å². The van der Waals surface area contributed by atoms with Gasteiger partial charge in [0.1, 0.15) is 0 Å². The minimum absolute atomic E-state index is 0.153. The van der Waals surface area contributed by atoms with E-state index in [1.54, 1.807) is 0 Å². The summed E-state index contributed by atoms with van der Waals surface area (Å²) in [4.78, 5) is 17.3. The molecular formula is C24H35N3O2. The van der Waals surface area contributed by atoms with Gasteiger partial charge in [0.15, 0.2) is 0 Å². The predicted molar refractivity (Wildman–Crippen MR) is 113 cm³/mol. The summed E-state index contributed by atoms with van der Waals surface area (Å²) in [7, 11) is 0. The monoisotopic (exact) mass is 397 g/mol. The lowest BCUT2D eigenvalue weighted by Crippen LogP contribution is -2.55. The number of hydrogen-bond donors (Lipinski definition) is 1. The summed E-state index contributed by atoms with van der Waals surface area (Å²) in [5, 5.41) is 3.29. The van der Waals surface area contributed by atoms with Gasteiger partial charge in [0.05, 0.1) is 0 Å². The van der Waals surface area contributed by atoms with E-state index in [9.17, 15) is 4.79 Å². The van der Waals surface area contributed by atoms with Crippen LogP contribution in [0.15, 0.2) is 30.3 Å². The number of amides is 2. The highest BCUT2D eigenvalue weighted by molar-refractivity contribution is 5.75. The van der Waals surface area contributed by atoms with E-state index in [0.29, 0.717) is 11.3 Å². The largest absolute Gasteiger partial charge is 0.381 e. The molecule has 1 aliphatic carbocycles. The molecule has 4 aliphatic rings. The molecular weight excluding hydrogens is 362 g/mol. The molecule has 3 heterocycles. The van der Waals surface area contributed by atoms with Crippen LogP contribution in [0.2, 0.25) is 0 Å². The van der Waals surface area contributed by atoms with Crippen molar-refractivity contribution in [2.24, 2.45) is 23.2 Å². The van der Waals surface area contributed by atoms with Crippen LogP contribution in [-0.2, 0) is 11.3 Å². The molecule has 2 amide bonds. The summed E-state index contributed by atoms with van der Waals surface area (Å²) in [6, 6.07) is 10.9. The van der Waals surface area contributed by atoms with Gasteiger partial charge in [-0.2, -0.15) is 0 Å². The average molecular weight is 398 g/mol. The first kappa shape index (κ1) is 19.4. The van der Waals surface area contributed by atoms with Gasteiger partial charge in [0.2, 0.25) is 0 Å². The highest BCUT2D eigenvalue weighted by Crippen LogP contribution is 2.44. The van der Waals surface area contributed by atoms with Crippen LogP contribution in [0.25, 0.3) is 0 Å². The van der Waals surface area contributed by atoms with Gasteiger partial charge in [-0.25, -0.2) is 4.79 Å². The molecule has 1 aromatic carbocycles. The maximum Gasteiger partial charge on any atom is 0.317 e. The molecule has 5 nitrogen and oxygen atoms in total. The maximum atomic E-state index is 12.6. The molecule has 0 aromatic heterocycles. The minimum atomic E-state index is 0.153. The Morgan fingerprint density at radius 3 is 2.55 bits per heavy atom. The van der Waals surface area contributed by atoms with Gasteiger partial charge < -0.3 is 15.0 Å². The van der Waals surface area contributed by atoms with Crippen LogP contribution < -0.4 is 5.32 Å². The van der Waals surface area contributed by atoms with Crippen molar-refractivity contribution in [2.75, 3.05) is 45.9 Å². The number of ether oxygens (including phenoxy) is 1. The van der Waals surface area contributed by atoms with Gasteiger partial charge in [-0.05, 0) is 48.0 Å². The third-order valence-corrected chi connectivity index (χ3v) is 7.73. The van der Waals surface area contributed by atoms with E-state index in [1.807, 2.05) is 4.90 Å². The number of rotatable bonds is 6. The molecule has 0 bridgehead atoms. The third-order valence-electron chi connectivity index (χ3n) is 7.73. The van der Waals surface area contributed by atoms with Gasteiger partial charge in [0, 0.05) is 52.5 Å². The quantitative estimate of drug-likeness (QED) is 0.801. The number of urea groups is 1. The summed E-state index contributed by atoms with van der Waals surface area (Å²) < 4.78 is 5.68. The lowest BCUT2D eigenvalue weighted by molar-refractivity contribution is -0.000365. The molecule has 1 unspecified atom stereocenters. The highest BCUT2D eigenvalue weighted by Gasteiger charge is 2.47. The van der Waals surface area contributed by atoms with E-state index in [0.717, 1.165) is 77.2 Å². The Labute approximate surface area is 174 Å². The normalized spacial score (nSPS) is 27.2. The molecule has 4 fully saturated rings. The second kappa shape index (κ2) is 8.27. The number of hydrogen-bond acceptors (Lipinski definition) is 3. The molecule has 3 saturated heterocycles. The number of likely N-dealkylation sites (tertiary alicyclic amines) is 2.